The third-order valence-electron chi connectivity index (χ3n) is 4.14. The summed E-state index contributed by atoms with van der Waals surface area (Å²) in [6.07, 6.45) is 8.82. The number of nitrogens with one attached hydrogen (secondary N) is 1. The Morgan fingerprint density at radius 3 is 2.36 bits per heavy atom. The molecule has 0 aromatic heterocycles. The lowest BCUT2D eigenvalue weighted by Gasteiger charge is -2.24. The molecule has 142 valence electrons. The number of esters is 2. The standard InChI is InChI=1S/C18H30N2O5/c1-3-24-16(21)10-11-17(22)25-13-7-12-20(2)18(23)19-14-15-8-5-4-6-9-15/h10-11,15H,3-9,12-14H2,1-2H3,(H,19,23)/b11-10+. The summed E-state index contributed by atoms with van der Waals surface area (Å²) >= 11 is 0. The predicted octanol–water partition coefficient (Wildman–Crippen LogP) is 2.26. The maximum Gasteiger partial charge on any atom is 0.331 e. The van der Waals surface area contributed by atoms with Gasteiger partial charge in [-0.25, -0.2) is 14.4 Å². The van der Waals surface area contributed by atoms with E-state index in [-0.39, 0.29) is 19.2 Å². The minimum Gasteiger partial charge on any atom is -0.463 e. The third kappa shape index (κ3) is 9.74. The van der Waals surface area contributed by atoms with Crippen LogP contribution in [0.3, 0.4) is 0 Å². The molecule has 1 rings (SSSR count). The van der Waals surface area contributed by atoms with Gasteiger partial charge in [0.1, 0.15) is 0 Å². The predicted molar refractivity (Wildman–Crippen MR) is 94.0 cm³/mol. The Hall–Kier alpha value is -2.05. The molecule has 1 fully saturated rings. The Morgan fingerprint density at radius 1 is 1.08 bits per heavy atom. The number of urea groups is 1. The van der Waals surface area contributed by atoms with Crippen molar-refractivity contribution in [3.63, 3.8) is 0 Å². The first-order chi connectivity index (χ1) is 12.0. The largest absolute Gasteiger partial charge is 0.463 e. The molecule has 0 heterocycles. The molecule has 0 aromatic rings. The maximum absolute atomic E-state index is 12.0. The number of carbonyl (C=O) groups excluding carboxylic acids is 3. The lowest BCUT2D eigenvalue weighted by Crippen LogP contribution is -2.40. The minimum atomic E-state index is -0.600. The van der Waals surface area contributed by atoms with Crippen molar-refractivity contribution in [1.29, 1.82) is 0 Å². The molecule has 0 radical (unpaired) electrons. The lowest BCUT2D eigenvalue weighted by atomic mass is 9.89. The van der Waals surface area contributed by atoms with Crippen molar-refractivity contribution in [2.24, 2.45) is 5.92 Å². The fraction of sp³-hybridized carbons (Fsp3) is 0.722. The van der Waals surface area contributed by atoms with E-state index in [0.29, 0.717) is 18.9 Å². The molecule has 7 heteroatoms. The molecule has 1 N–H and O–H groups in total. The summed E-state index contributed by atoms with van der Waals surface area (Å²) in [6, 6.07) is -0.0980. The van der Waals surface area contributed by atoms with E-state index in [9.17, 15) is 14.4 Å². The van der Waals surface area contributed by atoms with E-state index in [1.807, 2.05) is 0 Å². The van der Waals surface area contributed by atoms with E-state index in [4.69, 9.17) is 4.74 Å². The Kier molecular flexibility index (Phi) is 10.4. The molecule has 0 bridgehead atoms. The minimum absolute atomic E-state index is 0.0980. The highest BCUT2D eigenvalue weighted by molar-refractivity contribution is 5.91. The van der Waals surface area contributed by atoms with Gasteiger partial charge in [0.15, 0.2) is 0 Å². The Bertz CT molecular complexity index is 458. The molecule has 1 aliphatic carbocycles. The van der Waals surface area contributed by atoms with Gasteiger partial charge in [0, 0.05) is 32.3 Å². The van der Waals surface area contributed by atoms with E-state index < -0.39 is 11.9 Å². The van der Waals surface area contributed by atoms with E-state index in [1.165, 1.54) is 32.1 Å². The first kappa shape index (κ1) is 21.0. The molecule has 25 heavy (non-hydrogen) atoms. The molecular weight excluding hydrogens is 324 g/mol. The van der Waals surface area contributed by atoms with Crippen LogP contribution in [0.2, 0.25) is 0 Å². The van der Waals surface area contributed by atoms with Crippen molar-refractivity contribution in [2.75, 3.05) is 33.4 Å². The Morgan fingerprint density at radius 2 is 1.72 bits per heavy atom. The Balaban J connectivity index is 2.10. The summed E-state index contributed by atoms with van der Waals surface area (Å²) in [6.45, 7) is 3.35. The lowest BCUT2D eigenvalue weighted by molar-refractivity contribution is -0.140. The smallest absolute Gasteiger partial charge is 0.331 e. The third-order valence-corrected chi connectivity index (χ3v) is 4.14. The van der Waals surface area contributed by atoms with Crippen molar-refractivity contribution in [3.05, 3.63) is 12.2 Å². The van der Waals surface area contributed by atoms with Gasteiger partial charge < -0.3 is 19.7 Å². The second kappa shape index (κ2) is 12.3. The maximum atomic E-state index is 12.0. The van der Waals surface area contributed by atoms with Crippen LogP contribution in [0.1, 0.15) is 45.4 Å². The Labute approximate surface area is 149 Å². The average molecular weight is 354 g/mol. The van der Waals surface area contributed by atoms with Crippen molar-refractivity contribution in [1.82, 2.24) is 10.2 Å². The van der Waals surface area contributed by atoms with Crippen LogP contribution in [0.15, 0.2) is 12.2 Å². The van der Waals surface area contributed by atoms with Gasteiger partial charge in [-0.1, -0.05) is 19.3 Å². The average Bonchev–Trinajstić information content (AvgIpc) is 2.62. The summed E-state index contributed by atoms with van der Waals surface area (Å²) in [5.74, 6) is -0.579. The zero-order valence-electron chi connectivity index (χ0n) is 15.3. The van der Waals surface area contributed by atoms with Gasteiger partial charge in [0.25, 0.3) is 0 Å². The van der Waals surface area contributed by atoms with Crippen molar-refractivity contribution in [2.45, 2.75) is 45.4 Å². The summed E-state index contributed by atoms with van der Waals surface area (Å²) < 4.78 is 9.62. The van der Waals surface area contributed by atoms with Crippen LogP contribution in [-0.2, 0) is 19.1 Å². The van der Waals surface area contributed by atoms with Crippen molar-refractivity contribution in [3.8, 4) is 0 Å². The van der Waals surface area contributed by atoms with Crippen LogP contribution in [0.5, 0.6) is 0 Å². The molecule has 0 spiro atoms. The summed E-state index contributed by atoms with van der Waals surface area (Å²) in [4.78, 5) is 36.0. The van der Waals surface area contributed by atoms with Crippen LogP contribution in [0, 0.1) is 5.92 Å². The number of amides is 2. The molecule has 1 saturated carbocycles. The first-order valence-corrected chi connectivity index (χ1v) is 9.03. The number of ether oxygens (including phenoxy) is 2. The number of nitrogens with zero attached hydrogens (tertiary/aromatic N) is 1. The molecule has 0 saturated heterocycles. The normalized spacial score (nSPS) is 15.0. The van der Waals surface area contributed by atoms with Gasteiger partial charge in [0.05, 0.1) is 13.2 Å². The zero-order chi connectivity index (χ0) is 18.5. The zero-order valence-corrected chi connectivity index (χ0v) is 15.3. The van der Waals surface area contributed by atoms with Crippen molar-refractivity contribution < 1.29 is 23.9 Å². The summed E-state index contributed by atoms with van der Waals surface area (Å²) in [5.41, 5.74) is 0. The van der Waals surface area contributed by atoms with E-state index in [1.54, 1.807) is 18.9 Å². The molecule has 0 atom stereocenters. The molecule has 0 aliphatic heterocycles. The van der Waals surface area contributed by atoms with Crippen LogP contribution in [0.25, 0.3) is 0 Å². The van der Waals surface area contributed by atoms with Gasteiger partial charge in [0.2, 0.25) is 0 Å². The van der Waals surface area contributed by atoms with Gasteiger partial charge in [-0.3, -0.25) is 0 Å². The van der Waals surface area contributed by atoms with Crippen LogP contribution in [-0.4, -0.2) is 56.2 Å². The highest BCUT2D eigenvalue weighted by Crippen LogP contribution is 2.22. The number of hydrogen-bond acceptors (Lipinski definition) is 5. The number of hydrogen-bond donors (Lipinski definition) is 1. The fourth-order valence-corrected chi connectivity index (χ4v) is 2.71. The van der Waals surface area contributed by atoms with E-state index in [2.05, 4.69) is 10.1 Å². The molecule has 1 aliphatic rings. The summed E-state index contributed by atoms with van der Waals surface area (Å²) in [5, 5.41) is 2.96. The van der Waals surface area contributed by atoms with Crippen molar-refractivity contribution >= 4 is 18.0 Å². The molecule has 0 aromatic carbocycles. The van der Waals surface area contributed by atoms with Crippen LogP contribution < -0.4 is 5.32 Å². The quantitative estimate of drug-likeness (QED) is 0.390. The van der Waals surface area contributed by atoms with Gasteiger partial charge in [-0.15, -0.1) is 0 Å². The number of carbonyl (C=O) groups is 3. The molecular formula is C18H30N2O5. The highest BCUT2D eigenvalue weighted by Gasteiger charge is 2.15. The van der Waals surface area contributed by atoms with Gasteiger partial charge >= 0.3 is 18.0 Å². The number of rotatable bonds is 9. The molecule has 0 unspecified atom stereocenters. The molecule has 7 nitrogen and oxygen atoms in total. The second-order valence-electron chi connectivity index (χ2n) is 6.22. The van der Waals surface area contributed by atoms with Crippen LogP contribution >= 0.6 is 0 Å². The van der Waals surface area contributed by atoms with Crippen LogP contribution in [0.4, 0.5) is 4.79 Å². The fourth-order valence-electron chi connectivity index (χ4n) is 2.71. The van der Waals surface area contributed by atoms with Gasteiger partial charge in [-0.05, 0) is 32.1 Å². The van der Waals surface area contributed by atoms with Gasteiger partial charge in [-0.2, -0.15) is 0 Å². The monoisotopic (exact) mass is 354 g/mol. The second-order valence-corrected chi connectivity index (χ2v) is 6.22. The SMILES string of the molecule is CCOC(=O)/C=C/C(=O)OCCCN(C)C(=O)NCC1CCCCC1. The topological polar surface area (TPSA) is 84.9 Å². The summed E-state index contributed by atoms with van der Waals surface area (Å²) in [7, 11) is 1.72. The molecule has 2 amide bonds. The van der Waals surface area contributed by atoms with E-state index in [0.717, 1.165) is 18.7 Å². The highest BCUT2D eigenvalue weighted by atomic mass is 16.5. The van der Waals surface area contributed by atoms with E-state index >= 15 is 0 Å². The first-order valence-electron chi connectivity index (χ1n) is 9.03.